The van der Waals surface area contributed by atoms with Crippen molar-refractivity contribution in [1.29, 1.82) is 0 Å². The monoisotopic (exact) mass is 191 g/mol. The minimum atomic E-state index is 0. The van der Waals surface area contributed by atoms with E-state index >= 15 is 0 Å². The number of rotatable bonds is 0. The molecule has 63 valence electrons. The Hall–Kier alpha value is 1.71. The van der Waals surface area contributed by atoms with Gasteiger partial charge < -0.3 is 0 Å². The van der Waals surface area contributed by atoms with Crippen LogP contribution in [0, 0.1) is 0 Å². The maximum atomic E-state index is 2.25. The molecule has 0 rings (SSSR count). The first kappa shape index (κ1) is 18.5. The molecule has 0 bridgehead atoms. The minimum absolute atomic E-state index is 0. The average Bonchev–Trinajstić information content (AvgIpc) is 1.14. The first-order chi connectivity index (χ1) is 3.71. The largest absolute Gasteiger partial charge is 1.00 e. The molecule has 0 aliphatic carbocycles. The van der Waals surface area contributed by atoms with Crippen LogP contribution in [0.4, 0.5) is 0 Å². The van der Waals surface area contributed by atoms with Crippen molar-refractivity contribution in [3.05, 3.63) is 0 Å². The summed E-state index contributed by atoms with van der Waals surface area (Å²) in [5.41, 5.74) is 0. The molecule has 3 heteroatoms. The van der Waals surface area contributed by atoms with Crippen molar-refractivity contribution < 1.29 is 52.7 Å². The standard InChI is InChI=1S/2C4H9.Cu.2Li/c2*1-4(2)3;;;/h2*1-3H3;;;/q;;-2;2*+1. The van der Waals surface area contributed by atoms with Gasteiger partial charge in [0.1, 0.15) is 0 Å². The van der Waals surface area contributed by atoms with E-state index in [1.165, 1.54) is 0 Å². The summed E-state index contributed by atoms with van der Waals surface area (Å²) in [6, 6.07) is 0. The van der Waals surface area contributed by atoms with Crippen LogP contribution in [0.25, 0.3) is 0 Å². The van der Waals surface area contributed by atoms with Crippen LogP contribution in [-0.4, -0.2) is 0 Å². The van der Waals surface area contributed by atoms with Crippen LogP contribution in [0.2, 0.25) is 8.63 Å². The average molecular weight is 192 g/mol. The third-order valence-electron chi connectivity index (χ3n) is 0.452. The van der Waals surface area contributed by atoms with E-state index in [4.69, 9.17) is 0 Å². The third-order valence-corrected chi connectivity index (χ3v) is 1.86. The molecule has 0 radical (unpaired) electrons. The van der Waals surface area contributed by atoms with Gasteiger partial charge in [-0.15, -0.1) is 0 Å². The molecule has 0 saturated carbocycles. The fraction of sp³-hybridized carbons (Fsp3) is 1.00. The van der Waals surface area contributed by atoms with Crippen molar-refractivity contribution >= 4 is 0 Å². The maximum absolute atomic E-state index is 2.25. The Kier molecular flexibility index (Phi) is 10.4. The molecule has 0 atom stereocenters. The Morgan fingerprint density at radius 2 is 0.818 bits per heavy atom. The van der Waals surface area contributed by atoms with Gasteiger partial charge >= 0.3 is 103 Å². The summed E-state index contributed by atoms with van der Waals surface area (Å²) in [6.07, 6.45) is 0. The molecule has 0 amide bonds. The quantitative estimate of drug-likeness (QED) is 0.372. The normalized spacial score (nSPS) is 11.8. The molecule has 0 heterocycles. The van der Waals surface area contributed by atoms with Crippen LogP contribution >= 0.6 is 0 Å². The van der Waals surface area contributed by atoms with E-state index < -0.39 is 0 Å². The van der Waals surface area contributed by atoms with E-state index in [1.54, 1.807) is 0 Å². The molecular weight excluding hydrogens is 174 g/mol. The van der Waals surface area contributed by atoms with Crippen LogP contribution in [0.1, 0.15) is 41.5 Å². The van der Waals surface area contributed by atoms with Crippen molar-refractivity contribution in [2.75, 3.05) is 0 Å². The van der Waals surface area contributed by atoms with Crippen LogP contribution < -0.4 is 37.7 Å². The van der Waals surface area contributed by atoms with E-state index in [0.29, 0.717) is 8.63 Å². The molecule has 0 N–H and O–H groups in total. The summed E-state index contributed by atoms with van der Waals surface area (Å²) >= 11 is 2.10. The summed E-state index contributed by atoms with van der Waals surface area (Å²) in [5.74, 6) is 0. The molecule has 0 aromatic heterocycles. The van der Waals surface area contributed by atoms with Crippen molar-refractivity contribution in [2.24, 2.45) is 0 Å². The summed E-state index contributed by atoms with van der Waals surface area (Å²) in [5, 5.41) is 0. The van der Waals surface area contributed by atoms with E-state index in [2.05, 4.69) is 56.5 Å². The van der Waals surface area contributed by atoms with Gasteiger partial charge in [-0.25, -0.2) is 0 Å². The number of hydrogen-bond donors (Lipinski definition) is 0. The predicted octanol–water partition coefficient (Wildman–Crippen LogP) is -2.49. The fourth-order valence-corrected chi connectivity index (χ4v) is 2.80. The van der Waals surface area contributed by atoms with E-state index in [-0.39, 0.29) is 37.7 Å². The van der Waals surface area contributed by atoms with E-state index in [1.807, 2.05) is 0 Å². The molecule has 0 aliphatic rings. The Morgan fingerprint density at radius 1 is 0.636 bits per heavy atom. The van der Waals surface area contributed by atoms with Crippen LogP contribution in [-0.2, 0) is 15.0 Å². The zero-order valence-corrected chi connectivity index (χ0v) is 10.2. The second-order valence-corrected chi connectivity index (χ2v) is 7.04. The van der Waals surface area contributed by atoms with Gasteiger partial charge in [-0.1, -0.05) is 0 Å². The van der Waals surface area contributed by atoms with Crippen LogP contribution in [0.5, 0.6) is 0 Å². The third kappa shape index (κ3) is 18.6. The maximum Gasteiger partial charge on any atom is 1.00 e. The van der Waals surface area contributed by atoms with Crippen molar-refractivity contribution in [3.63, 3.8) is 0 Å². The molecule has 0 aliphatic heterocycles. The van der Waals surface area contributed by atoms with Gasteiger partial charge in [0, 0.05) is 0 Å². The van der Waals surface area contributed by atoms with Gasteiger partial charge in [-0.3, -0.25) is 0 Å². The van der Waals surface area contributed by atoms with E-state index in [9.17, 15) is 0 Å². The molecule has 0 fully saturated rings. The molecule has 0 unspecified atom stereocenters. The Bertz CT molecular complexity index is 77.2. The molecule has 0 aromatic rings. The first-order valence-corrected chi connectivity index (χ1v) is 4.24. The summed E-state index contributed by atoms with van der Waals surface area (Å²) in [7, 11) is 0. The molecule has 11 heavy (non-hydrogen) atoms. The zero-order chi connectivity index (χ0) is 7.71. The van der Waals surface area contributed by atoms with Gasteiger partial charge in [0.05, 0.1) is 0 Å². The Labute approximate surface area is 102 Å². The first-order valence-electron chi connectivity index (χ1n) is 3.30. The predicted molar refractivity (Wildman–Crippen MR) is 39.4 cm³/mol. The topological polar surface area (TPSA) is 0 Å². The minimum Gasteiger partial charge on any atom is 1.00 e. The van der Waals surface area contributed by atoms with Crippen molar-refractivity contribution in [3.8, 4) is 0 Å². The molecule has 0 nitrogen and oxygen atoms in total. The zero-order valence-electron chi connectivity index (χ0n) is 9.30. The molecule has 0 saturated heterocycles. The second kappa shape index (κ2) is 6.21. The van der Waals surface area contributed by atoms with Crippen molar-refractivity contribution in [2.45, 2.75) is 50.2 Å². The van der Waals surface area contributed by atoms with Gasteiger partial charge in [-0.05, 0) is 0 Å². The van der Waals surface area contributed by atoms with Crippen molar-refractivity contribution in [1.82, 2.24) is 0 Å². The van der Waals surface area contributed by atoms with Crippen LogP contribution in [0.15, 0.2) is 0 Å². The number of hydrogen-bond acceptors (Lipinski definition) is 0. The Balaban J connectivity index is -0.000000320. The van der Waals surface area contributed by atoms with Crippen LogP contribution in [0.3, 0.4) is 0 Å². The van der Waals surface area contributed by atoms with Gasteiger partial charge in [0.25, 0.3) is 0 Å². The summed E-state index contributed by atoms with van der Waals surface area (Å²) < 4.78 is 0.781. The molecular formula is C8H18CuLi2. The van der Waals surface area contributed by atoms with Gasteiger partial charge in [0.2, 0.25) is 0 Å². The SMILES string of the molecule is C[C](C)(C)[Cu-2][C](C)(C)C.[Li+].[Li+]. The smallest absolute Gasteiger partial charge is 1.00 e. The Morgan fingerprint density at radius 3 is 0.818 bits per heavy atom. The second-order valence-electron chi connectivity index (χ2n) is 3.98. The van der Waals surface area contributed by atoms with Gasteiger partial charge in [-0.2, -0.15) is 0 Å². The fourth-order valence-electron chi connectivity index (χ4n) is 0.678. The summed E-state index contributed by atoms with van der Waals surface area (Å²) in [4.78, 5) is 0. The molecule has 0 spiro atoms. The molecule has 0 aromatic carbocycles. The summed E-state index contributed by atoms with van der Waals surface area (Å²) in [6.45, 7) is 13.5. The van der Waals surface area contributed by atoms with Gasteiger partial charge in [0.15, 0.2) is 0 Å². The van der Waals surface area contributed by atoms with E-state index in [0.717, 1.165) is 0 Å².